The van der Waals surface area contributed by atoms with Gasteiger partial charge in [-0.25, -0.2) is 5.10 Å². The van der Waals surface area contributed by atoms with Crippen LogP contribution in [-0.2, 0) is 0 Å². The Kier molecular flexibility index (Phi) is 4.39. The number of aliphatic hydroxyl groups is 1. The number of H-pyrrole nitrogens is 1. The third-order valence-electron chi connectivity index (χ3n) is 2.67. The Hall–Kier alpha value is -1.69. The van der Waals surface area contributed by atoms with E-state index in [0.29, 0.717) is 17.7 Å². The molecule has 0 fully saturated rings. The molecular weight excluding hydrogens is 222 g/mol. The zero-order chi connectivity index (χ0) is 13.0. The van der Waals surface area contributed by atoms with Crippen molar-refractivity contribution in [3.63, 3.8) is 0 Å². The molecule has 0 spiro atoms. The molecule has 1 amide bonds. The third-order valence-corrected chi connectivity index (χ3v) is 2.67. The van der Waals surface area contributed by atoms with Crippen molar-refractivity contribution < 1.29 is 9.90 Å². The van der Waals surface area contributed by atoms with Crippen molar-refractivity contribution >= 4 is 5.91 Å². The van der Waals surface area contributed by atoms with Gasteiger partial charge in [-0.1, -0.05) is 6.92 Å². The van der Waals surface area contributed by atoms with Gasteiger partial charge in [0, 0.05) is 6.54 Å². The minimum atomic E-state index is -0.596. The minimum Gasteiger partial charge on any atom is -0.391 e. The van der Waals surface area contributed by atoms with Crippen molar-refractivity contribution in [3.8, 4) is 0 Å². The quantitative estimate of drug-likeness (QED) is 0.683. The molecule has 1 unspecified atom stereocenters. The first-order valence-electron chi connectivity index (χ1n) is 5.49. The van der Waals surface area contributed by atoms with Crippen LogP contribution in [0, 0.1) is 13.8 Å². The number of nitrogens with one attached hydrogen (secondary N) is 2. The molecule has 0 aliphatic heterocycles. The molecule has 1 atom stereocenters. The fraction of sp³-hybridized carbons (Fsp3) is 0.545. The van der Waals surface area contributed by atoms with E-state index in [-0.39, 0.29) is 12.1 Å². The van der Waals surface area contributed by atoms with Crippen LogP contribution in [0.1, 0.15) is 35.0 Å². The number of hydrogen-bond acceptors (Lipinski definition) is 4. The SMILES string of the molecule is CCC(O)CNC(=O)c1c(C)c(C)n[nH]c1=O. The Balaban J connectivity index is 2.90. The summed E-state index contributed by atoms with van der Waals surface area (Å²) >= 11 is 0. The molecule has 1 aromatic heterocycles. The van der Waals surface area contributed by atoms with Crippen molar-refractivity contribution in [1.82, 2.24) is 15.5 Å². The minimum absolute atomic E-state index is 0.0563. The number of aryl methyl sites for hydroxylation is 1. The number of hydrogen-bond donors (Lipinski definition) is 3. The van der Waals surface area contributed by atoms with Gasteiger partial charge in [0.25, 0.3) is 11.5 Å². The summed E-state index contributed by atoms with van der Waals surface area (Å²) in [4.78, 5) is 23.3. The summed E-state index contributed by atoms with van der Waals surface area (Å²) < 4.78 is 0. The van der Waals surface area contributed by atoms with Crippen LogP contribution in [0.2, 0.25) is 0 Å². The average Bonchev–Trinajstić information content (AvgIpc) is 2.31. The molecule has 0 aliphatic carbocycles. The fourth-order valence-corrected chi connectivity index (χ4v) is 1.34. The summed E-state index contributed by atoms with van der Waals surface area (Å²) in [5.74, 6) is -0.484. The molecule has 17 heavy (non-hydrogen) atoms. The number of aromatic amines is 1. The first kappa shape index (κ1) is 13.4. The monoisotopic (exact) mass is 239 g/mol. The summed E-state index contributed by atoms with van der Waals surface area (Å²) in [5, 5.41) is 17.9. The first-order chi connectivity index (χ1) is 7.97. The molecule has 6 nitrogen and oxygen atoms in total. The van der Waals surface area contributed by atoms with Crippen LogP contribution >= 0.6 is 0 Å². The smallest absolute Gasteiger partial charge is 0.277 e. The van der Waals surface area contributed by atoms with E-state index in [0.717, 1.165) is 0 Å². The normalized spacial score (nSPS) is 12.2. The second-order valence-corrected chi connectivity index (χ2v) is 3.91. The number of amides is 1. The van der Waals surface area contributed by atoms with Gasteiger partial charge >= 0.3 is 0 Å². The Morgan fingerprint density at radius 3 is 2.76 bits per heavy atom. The summed E-state index contributed by atoms with van der Waals surface area (Å²) in [6.07, 6.45) is -0.0494. The summed E-state index contributed by atoms with van der Waals surface area (Å²) in [5.41, 5.74) is 0.695. The number of carbonyl (C=O) groups excluding carboxylic acids is 1. The van der Waals surface area contributed by atoms with Crippen LogP contribution in [0.3, 0.4) is 0 Å². The van der Waals surface area contributed by atoms with Crippen LogP contribution in [0.4, 0.5) is 0 Å². The maximum Gasteiger partial charge on any atom is 0.277 e. The second kappa shape index (κ2) is 5.58. The Labute approximate surface area is 99.1 Å². The zero-order valence-electron chi connectivity index (χ0n) is 10.2. The molecule has 0 bridgehead atoms. The summed E-state index contributed by atoms with van der Waals surface area (Å²) in [6.45, 7) is 5.33. The highest BCUT2D eigenvalue weighted by atomic mass is 16.3. The maximum absolute atomic E-state index is 11.8. The number of nitrogens with zero attached hydrogens (tertiary/aromatic N) is 1. The predicted molar refractivity (Wildman–Crippen MR) is 63.0 cm³/mol. The molecule has 0 aromatic carbocycles. The first-order valence-corrected chi connectivity index (χ1v) is 5.49. The van der Waals surface area contributed by atoms with E-state index in [1.165, 1.54) is 0 Å². The highest BCUT2D eigenvalue weighted by Crippen LogP contribution is 2.04. The number of carbonyl (C=O) groups is 1. The molecule has 0 saturated heterocycles. The third kappa shape index (κ3) is 3.13. The highest BCUT2D eigenvalue weighted by Gasteiger charge is 2.16. The second-order valence-electron chi connectivity index (χ2n) is 3.91. The predicted octanol–water partition coefficient (Wildman–Crippen LogP) is -0.113. The molecule has 1 rings (SSSR count). The van der Waals surface area contributed by atoms with Gasteiger partial charge in [0.2, 0.25) is 0 Å². The van der Waals surface area contributed by atoms with Crippen molar-refractivity contribution in [1.29, 1.82) is 0 Å². The van der Waals surface area contributed by atoms with Crippen molar-refractivity contribution in [2.45, 2.75) is 33.3 Å². The van der Waals surface area contributed by atoms with Crippen LogP contribution < -0.4 is 10.9 Å². The van der Waals surface area contributed by atoms with E-state index in [1.54, 1.807) is 13.8 Å². The van der Waals surface area contributed by atoms with E-state index in [9.17, 15) is 14.7 Å². The Morgan fingerprint density at radius 2 is 2.18 bits per heavy atom. The number of rotatable bonds is 4. The standard InChI is InChI=1S/C11H17N3O3/c1-4-8(15)5-12-10(16)9-6(2)7(3)13-14-11(9)17/h8,15H,4-5H2,1-3H3,(H,12,16)(H,14,17). The lowest BCUT2D eigenvalue weighted by Crippen LogP contribution is -2.36. The van der Waals surface area contributed by atoms with E-state index in [1.807, 2.05) is 6.92 Å². The summed E-state index contributed by atoms with van der Waals surface area (Å²) in [6, 6.07) is 0. The van der Waals surface area contributed by atoms with Gasteiger partial charge < -0.3 is 10.4 Å². The van der Waals surface area contributed by atoms with Gasteiger partial charge in [0.1, 0.15) is 5.56 Å². The Morgan fingerprint density at radius 1 is 1.53 bits per heavy atom. The van der Waals surface area contributed by atoms with E-state index < -0.39 is 17.6 Å². The maximum atomic E-state index is 11.8. The molecule has 6 heteroatoms. The van der Waals surface area contributed by atoms with Crippen molar-refractivity contribution in [2.24, 2.45) is 0 Å². The van der Waals surface area contributed by atoms with E-state index >= 15 is 0 Å². The molecule has 0 radical (unpaired) electrons. The largest absolute Gasteiger partial charge is 0.391 e. The van der Waals surface area contributed by atoms with Gasteiger partial charge in [-0.05, 0) is 25.8 Å². The molecular formula is C11H17N3O3. The lowest BCUT2D eigenvalue weighted by Gasteiger charge is -2.10. The lowest BCUT2D eigenvalue weighted by atomic mass is 10.1. The summed E-state index contributed by atoms with van der Waals surface area (Å²) in [7, 11) is 0. The van der Waals surface area contributed by atoms with Gasteiger partial charge in [-0.3, -0.25) is 9.59 Å². The van der Waals surface area contributed by atoms with Gasteiger partial charge in [-0.15, -0.1) is 0 Å². The van der Waals surface area contributed by atoms with Crippen molar-refractivity contribution in [2.75, 3.05) is 6.54 Å². The number of aliphatic hydroxyl groups excluding tert-OH is 1. The number of aromatic nitrogens is 2. The van der Waals surface area contributed by atoms with Crippen LogP contribution in [-0.4, -0.2) is 33.9 Å². The molecule has 1 heterocycles. The van der Waals surface area contributed by atoms with Crippen LogP contribution in [0.5, 0.6) is 0 Å². The highest BCUT2D eigenvalue weighted by molar-refractivity contribution is 5.95. The van der Waals surface area contributed by atoms with Gasteiger partial charge in [0.15, 0.2) is 0 Å². The molecule has 0 aliphatic rings. The molecule has 3 N–H and O–H groups in total. The topological polar surface area (TPSA) is 95.1 Å². The van der Waals surface area contributed by atoms with Gasteiger partial charge in [-0.2, -0.15) is 5.10 Å². The zero-order valence-corrected chi connectivity index (χ0v) is 10.2. The van der Waals surface area contributed by atoms with E-state index in [4.69, 9.17) is 0 Å². The van der Waals surface area contributed by atoms with Crippen LogP contribution in [0.25, 0.3) is 0 Å². The Bertz CT molecular complexity index is 468. The van der Waals surface area contributed by atoms with Crippen LogP contribution in [0.15, 0.2) is 4.79 Å². The molecule has 94 valence electrons. The fourth-order valence-electron chi connectivity index (χ4n) is 1.34. The molecule has 0 saturated carbocycles. The average molecular weight is 239 g/mol. The lowest BCUT2D eigenvalue weighted by molar-refractivity contribution is 0.0911. The van der Waals surface area contributed by atoms with E-state index in [2.05, 4.69) is 15.5 Å². The van der Waals surface area contributed by atoms with Gasteiger partial charge in [0.05, 0.1) is 11.8 Å². The van der Waals surface area contributed by atoms with Crippen molar-refractivity contribution in [3.05, 3.63) is 27.2 Å². The molecule has 1 aromatic rings.